The van der Waals surface area contributed by atoms with Crippen LogP contribution in [0.4, 0.5) is 16.0 Å². The zero-order chi connectivity index (χ0) is 27.2. The Morgan fingerprint density at radius 1 is 1.08 bits per heavy atom. The molecular weight excluding hydrogens is 515 g/mol. The molecule has 206 valence electrons. The molecule has 3 N–H and O–H groups in total. The first-order valence-corrected chi connectivity index (χ1v) is 14.2. The lowest BCUT2D eigenvalue weighted by Gasteiger charge is -2.30. The molecule has 5 rings (SSSR count). The molecule has 1 atom stereocenters. The van der Waals surface area contributed by atoms with Crippen LogP contribution in [-0.2, 0) is 11.3 Å². The summed E-state index contributed by atoms with van der Waals surface area (Å²) in [6, 6.07) is 14.5. The minimum atomic E-state index is -0.257. The third-order valence-corrected chi connectivity index (χ3v) is 8.13. The van der Waals surface area contributed by atoms with E-state index in [-0.39, 0.29) is 17.8 Å². The van der Waals surface area contributed by atoms with Gasteiger partial charge in [-0.2, -0.15) is 0 Å². The van der Waals surface area contributed by atoms with E-state index in [9.17, 15) is 9.18 Å². The van der Waals surface area contributed by atoms with Gasteiger partial charge in [-0.05, 0) is 93.9 Å². The number of hydrogen-bond acceptors (Lipinski definition) is 6. The number of hydrogen-bond donors (Lipinski definition) is 3. The van der Waals surface area contributed by atoms with E-state index in [2.05, 4.69) is 25.8 Å². The van der Waals surface area contributed by atoms with Crippen molar-refractivity contribution in [2.24, 2.45) is 5.92 Å². The zero-order valence-electron chi connectivity index (χ0n) is 22.3. The third-order valence-electron chi connectivity index (χ3n) is 7.83. The molecule has 2 aliphatic rings. The van der Waals surface area contributed by atoms with Gasteiger partial charge in [0, 0.05) is 30.9 Å². The summed E-state index contributed by atoms with van der Waals surface area (Å²) in [6.45, 7) is 2.23. The van der Waals surface area contributed by atoms with Crippen molar-refractivity contribution < 1.29 is 9.18 Å². The fourth-order valence-electron chi connectivity index (χ4n) is 5.56. The second kappa shape index (κ2) is 12.7. The number of nitrogens with one attached hydrogen (secondary N) is 3. The fraction of sp³-hybridized carbons (Fsp3) is 0.433. The molecule has 1 aliphatic heterocycles. The highest BCUT2D eigenvalue weighted by atomic mass is 35.5. The maximum atomic E-state index is 13.5. The predicted molar refractivity (Wildman–Crippen MR) is 154 cm³/mol. The normalized spacial score (nSPS) is 21.5. The van der Waals surface area contributed by atoms with Crippen molar-refractivity contribution in [1.82, 2.24) is 20.2 Å². The molecular formula is C30H36ClFN6O. The molecule has 1 saturated carbocycles. The Morgan fingerprint density at radius 3 is 2.67 bits per heavy atom. The second-order valence-corrected chi connectivity index (χ2v) is 11.1. The summed E-state index contributed by atoms with van der Waals surface area (Å²) < 4.78 is 13.5. The highest BCUT2D eigenvalue weighted by molar-refractivity contribution is 6.33. The molecule has 0 unspecified atom stereocenters. The molecule has 9 heteroatoms. The number of rotatable bonds is 9. The Balaban J connectivity index is 1.14. The van der Waals surface area contributed by atoms with Crippen LogP contribution in [0.15, 0.2) is 54.7 Å². The highest BCUT2D eigenvalue weighted by Gasteiger charge is 2.28. The monoisotopic (exact) mass is 550 g/mol. The topological polar surface area (TPSA) is 82.2 Å². The Kier molecular flexibility index (Phi) is 8.94. The Hall–Kier alpha value is -3.23. The largest absolute Gasteiger partial charge is 0.367 e. The van der Waals surface area contributed by atoms with Crippen molar-refractivity contribution in [2.75, 3.05) is 30.8 Å². The van der Waals surface area contributed by atoms with Gasteiger partial charge >= 0.3 is 0 Å². The van der Waals surface area contributed by atoms with Gasteiger partial charge in [-0.3, -0.25) is 9.69 Å². The van der Waals surface area contributed by atoms with Crippen LogP contribution in [0.1, 0.15) is 44.1 Å². The van der Waals surface area contributed by atoms with Gasteiger partial charge in [-0.1, -0.05) is 29.8 Å². The number of pyridine rings is 2. The summed E-state index contributed by atoms with van der Waals surface area (Å²) >= 11 is 6.52. The van der Waals surface area contributed by atoms with Crippen LogP contribution in [-0.4, -0.2) is 53.0 Å². The van der Waals surface area contributed by atoms with Crippen molar-refractivity contribution in [3.63, 3.8) is 0 Å². The molecule has 7 nitrogen and oxygen atoms in total. The van der Waals surface area contributed by atoms with Gasteiger partial charge in [0.15, 0.2) is 0 Å². The number of carbonyl (C=O) groups excluding carboxylic acids is 1. The van der Waals surface area contributed by atoms with E-state index >= 15 is 0 Å². The Morgan fingerprint density at radius 2 is 1.90 bits per heavy atom. The number of anilines is 2. The van der Waals surface area contributed by atoms with Crippen molar-refractivity contribution in [3.05, 3.63) is 71.1 Å². The van der Waals surface area contributed by atoms with E-state index in [1.165, 1.54) is 12.1 Å². The molecule has 1 aliphatic carbocycles. The molecule has 0 radical (unpaired) electrons. The number of halogens is 2. The molecule has 39 heavy (non-hydrogen) atoms. The number of benzene rings is 1. The lowest BCUT2D eigenvalue weighted by molar-refractivity contribution is -0.125. The summed E-state index contributed by atoms with van der Waals surface area (Å²) in [6.07, 6.45) is 7.91. The van der Waals surface area contributed by atoms with Gasteiger partial charge in [-0.15, -0.1) is 0 Å². The van der Waals surface area contributed by atoms with E-state index in [0.29, 0.717) is 29.3 Å². The molecule has 1 amide bonds. The highest BCUT2D eigenvalue weighted by Crippen LogP contribution is 2.31. The van der Waals surface area contributed by atoms with Crippen LogP contribution in [0.2, 0.25) is 5.02 Å². The molecule has 3 heterocycles. The Labute approximate surface area is 234 Å². The molecule has 2 fully saturated rings. The standard InChI is InChI=1S/C30H36ClFN6O/c1-38-14-4-8-27(38)30(39)35-17-20-10-12-23(13-11-20)36-29-16-24(25(31)19-34-29)26-7-3-9-28(37-26)33-18-21-5-2-6-22(32)15-21/h2-3,5-7,9,15-16,19-20,23,27H,4,8,10-14,17-18H2,1H3,(H,33,37)(H,34,36)(H,35,39)/t20-,23-,27-/m0/s1. The van der Waals surface area contributed by atoms with Crippen molar-refractivity contribution in [3.8, 4) is 11.3 Å². The van der Waals surface area contributed by atoms with Crippen molar-refractivity contribution in [2.45, 2.75) is 57.2 Å². The van der Waals surface area contributed by atoms with Gasteiger partial charge in [0.05, 0.1) is 16.8 Å². The third kappa shape index (κ3) is 7.25. The van der Waals surface area contributed by atoms with Gasteiger partial charge in [0.2, 0.25) is 5.91 Å². The van der Waals surface area contributed by atoms with Gasteiger partial charge in [0.1, 0.15) is 17.5 Å². The van der Waals surface area contributed by atoms with E-state index < -0.39 is 0 Å². The summed E-state index contributed by atoms with van der Waals surface area (Å²) in [5.41, 5.74) is 2.38. The van der Waals surface area contributed by atoms with Gasteiger partial charge in [-0.25, -0.2) is 14.4 Å². The number of nitrogens with zero attached hydrogens (tertiary/aromatic N) is 3. The second-order valence-electron chi connectivity index (χ2n) is 10.7. The predicted octanol–water partition coefficient (Wildman–Crippen LogP) is 5.73. The van der Waals surface area contributed by atoms with Crippen LogP contribution in [0, 0.1) is 11.7 Å². The Bertz CT molecular complexity index is 1280. The molecule has 0 spiro atoms. The van der Waals surface area contributed by atoms with Crippen LogP contribution in [0.3, 0.4) is 0 Å². The van der Waals surface area contributed by atoms with E-state index in [4.69, 9.17) is 16.6 Å². The first-order valence-electron chi connectivity index (χ1n) is 13.8. The van der Waals surface area contributed by atoms with Crippen LogP contribution in [0.25, 0.3) is 11.3 Å². The maximum absolute atomic E-state index is 13.5. The van der Waals surface area contributed by atoms with Crippen LogP contribution in [0.5, 0.6) is 0 Å². The molecule has 1 saturated heterocycles. The average molecular weight is 551 g/mol. The summed E-state index contributed by atoms with van der Waals surface area (Å²) in [5.74, 6) is 1.89. The van der Waals surface area contributed by atoms with Crippen molar-refractivity contribution in [1.29, 1.82) is 0 Å². The quantitative estimate of drug-likeness (QED) is 0.316. The first kappa shape index (κ1) is 27.3. The zero-order valence-corrected chi connectivity index (χ0v) is 23.1. The lowest BCUT2D eigenvalue weighted by Crippen LogP contribution is -2.43. The van der Waals surface area contributed by atoms with Crippen molar-refractivity contribution >= 4 is 29.1 Å². The van der Waals surface area contributed by atoms with Crippen LogP contribution < -0.4 is 16.0 Å². The molecule has 0 bridgehead atoms. The average Bonchev–Trinajstić information content (AvgIpc) is 3.38. The number of aromatic nitrogens is 2. The van der Waals surface area contributed by atoms with Gasteiger partial charge < -0.3 is 16.0 Å². The summed E-state index contributed by atoms with van der Waals surface area (Å²) in [4.78, 5) is 23.9. The minimum absolute atomic E-state index is 0.0348. The molecule has 1 aromatic carbocycles. The van der Waals surface area contributed by atoms with E-state index in [1.807, 2.05) is 37.4 Å². The van der Waals surface area contributed by atoms with E-state index in [1.54, 1.807) is 12.3 Å². The van der Waals surface area contributed by atoms with Crippen LogP contribution >= 0.6 is 11.6 Å². The maximum Gasteiger partial charge on any atom is 0.237 e. The lowest BCUT2D eigenvalue weighted by atomic mass is 9.86. The fourth-order valence-corrected chi connectivity index (χ4v) is 5.76. The number of likely N-dealkylation sites (N-methyl/N-ethyl adjacent to an activating group) is 1. The molecule has 3 aromatic rings. The number of amides is 1. The smallest absolute Gasteiger partial charge is 0.237 e. The summed E-state index contributed by atoms with van der Waals surface area (Å²) in [7, 11) is 2.03. The van der Waals surface area contributed by atoms with E-state index in [0.717, 1.165) is 74.3 Å². The minimum Gasteiger partial charge on any atom is -0.367 e. The van der Waals surface area contributed by atoms with Gasteiger partial charge in [0.25, 0.3) is 0 Å². The molecule has 2 aromatic heterocycles. The first-order chi connectivity index (χ1) is 18.9. The number of carbonyl (C=O) groups is 1. The summed E-state index contributed by atoms with van der Waals surface area (Å²) in [5, 5.41) is 10.6. The SMILES string of the molecule is CN1CCC[C@H]1C(=O)NC[C@H]1CC[C@H](Nc2cc(-c3cccc(NCc4cccc(F)c4)n3)c(Cl)cn2)CC1. The number of likely N-dealkylation sites (tertiary alicyclic amines) is 1.